The molecule has 1 aromatic carbocycles. The van der Waals surface area contributed by atoms with E-state index >= 15 is 0 Å². The zero-order chi connectivity index (χ0) is 12.4. The molecule has 0 spiro atoms. The fourth-order valence-corrected chi connectivity index (χ4v) is 1.55. The highest BCUT2D eigenvalue weighted by molar-refractivity contribution is 5.36. The van der Waals surface area contributed by atoms with E-state index in [4.69, 9.17) is 10.8 Å². The van der Waals surface area contributed by atoms with E-state index in [2.05, 4.69) is 4.98 Å². The summed E-state index contributed by atoms with van der Waals surface area (Å²) in [5, 5.41) is 8.97. The number of hydrogen-bond acceptors (Lipinski definition) is 3. The molecule has 90 valence electrons. The molecule has 0 bridgehead atoms. The van der Waals surface area contributed by atoms with Gasteiger partial charge in [-0.25, -0.2) is 13.8 Å². The fourth-order valence-electron chi connectivity index (χ4n) is 1.55. The Hall–Kier alpha value is -1.79. The topological polar surface area (TPSA) is 64.1 Å². The highest BCUT2D eigenvalue weighted by Crippen LogP contribution is 2.19. The quantitative estimate of drug-likeness (QED) is 0.844. The second-order valence-corrected chi connectivity index (χ2v) is 3.57. The maximum atomic E-state index is 13.6. The van der Waals surface area contributed by atoms with Crippen molar-refractivity contribution in [3.8, 4) is 5.69 Å². The van der Waals surface area contributed by atoms with Crippen LogP contribution < -0.4 is 5.73 Å². The summed E-state index contributed by atoms with van der Waals surface area (Å²) in [6.07, 6.45) is 2.80. The molecule has 1 unspecified atom stereocenters. The van der Waals surface area contributed by atoms with Crippen LogP contribution in [0.5, 0.6) is 0 Å². The van der Waals surface area contributed by atoms with Gasteiger partial charge in [0.25, 0.3) is 0 Å². The molecule has 1 aromatic heterocycles. The number of nitrogens with two attached hydrogens (primary N) is 1. The maximum Gasteiger partial charge on any atom is 0.150 e. The highest BCUT2D eigenvalue weighted by Gasteiger charge is 2.14. The van der Waals surface area contributed by atoms with E-state index in [1.807, 2.05) is 0 Å². The second kappa shape index (κ2) is 4.60. The Kier molecular flexibility index (Phi) is 3.16. The molecule has 2 aromatic rings. The van der Waals surface area contributed by atoms with Gasteiger partial charge in [0.1, 0.15) is 11.6 Å². The Morgan fingerprint density at radius 3 is 2.82 bits per heavy atom. The molecule has 0 aliphatic carbocycles. The lowest BCUT2D eigenvalue weighted by Crippen LogP contribution is -2.18. The van der Waals surface area contributed by atoms with Gasteiger partial charge in [0.05, 0.1) is 36.6 Å². The molecule has 4 nitrogen and oxygen atoms in total. The fraction of sp³-hybridized carbons (Fsp3) is 0.182. The van der Waals surface area contributed by atoms with E-state index in [1.54, 1.807) is 0 Å². The van der Waals surface area contributed by atoms with Gasteiger partial charge in [0, 0.05) is 6.07 Å². The number of halogens is 2. The van der Waals surface area contributed by atoms with Crippen LogP contribution >= 0.6 is 0 Å². The molecule has 0 radical (unpaired) electrons. The monoisotopic (exact) mass is 239 g/mol. The molecule has 2 rings (SSSR count). The largest absolute Gasteiger partial charge is 0.394 e. The third kappa shape index (κ3) is 2.17. The first kappa shape index (κ1) is 11.7. The highest BCUT2D eigenvalue weighted by atomic mass is 19.1. The van der Waals surface area contributed by atoms with Crippen LogP contribution in [0.4, 0.5) is 8.78 Å². The number of hydrogen-bond donors (Lipinski definition) is 2. The first-order valence-electron chi connectivity index (χ1n) is 4.97. The van der Waals surface area contributed by atoms with Crippen molar-refractivity contribution in [2.24, 2.45) is 5.73 Å². The Morgan fingerprint density at radius 2 is 2.18 bits per heavy atom. The number of rotatable bonds is 3. The molecule has 0 saturated carbocycles. The predicted molar refractivity (Wildman–Crippen MR) is 57.5 cm³/mol. The zero-order valence-electron chi connectivity index (χ0n) is 8.85. The average Bonchev–Trinajstić information content (AvgIpc) is 2.77. The van der Waals surface area contributed by atoms with Crippen LogP contribution in [0.1, 0.15) is 11.7 Å². The first-order valence-corrected chi connectivity index (χ1v) is 4.97. The van der Waals surface area contributed by atoms with Gasteiger partial charge in [-0.05, 0) is 12.1 Å². The Labute approximate surface area is 96.3 Å². The molecule has 1 heterocycles. The summed E-state index contributed by atoms with van der Waals surface area (Å²) < 4.78 is 27.7. The number of imidazole rings is 1. The lowest BCUT2D eigenvalue weighted by molar-refractivity contribution is 0.265. The molecule has 0 amide bonds. The van der Waals surface area contributed by atoms with E-state index in [1.165, 1.54) is 23.2 Å². The molecule has 6 heteroatoms. The minimum atomic E-state index is -0.714. The predicted octanol–water partition coefficient (Wildman–Crippen LogP) is 1.14. The Morgan fingerprint density at radius 1 is 1.41 bits per heavy atom. The van der Waals surface area contributed by atoms with Gasteiger partial charge < -0.3 is 10.8 Å². The lowest BCUT2D eigenvalue weighted by Gasteiger charge is -2.12. The van der Waals surface area contributed by atoms with Crippen LogP contribution in [0.2, 0.25) is 0 Å². The van der Waals surface area contributed by atoms with Gasteiger partial charge in [0.15, 0.2) is 0 Å². The van der Waals surface area contributed by atoms with Crippen LogP contribution in [0.15, 0.2) is 30.7 Å². The molecular formula is C11H11F2N3O. The number of aliphatic hydroxyl groups excluding tert-OH is 1. The van der Waals surface area contributed by atoms with Crippen LogP contribution in [0, 0.1) is 11.6 Å². The minimum Gasteiger partial charge on any atom is -0.394 e. The van der Waals surface area contributed by atoms with Gasteiger partial charge >= 0.3 is 0 Å². The number of aromatic nitrogens is 2. The van der Waals surface area contributed by atoms with Crippen LogP contribution in [-0.4, -0.2) is 21.3 Å². The van der Waals surface area contributed by atoms with E-state index in [9.17, 15) is 8.78 Å². The maximum absolute atomic E-state index is 13.6. The SMILES string of the molecule is NC(CO)c1cncn1-c1ccc(F)cc1F. The van der Waals surface area contributed by atoms with Gasteiger partial charge in [-0.1, -0.05) is 0 Å². The van der Waals surface area contributed by atoms with Crippen molar-refractivity contribution in [2.75, 3.05) is 6.61 Å². The van der Waals surface area contributed by atoms with Gasteiger partial charge in [-0.2, -0.15) is 0 Å². The first-order chi connectivity index (χ1) is 8.13. The van der Waals surface area contributed by atoms with Crippen molar-refractivity contribution < 1.29 is 13.9 Å². The minimum absolute atomic E-state index is 0.141. The van der Waals surface area contributed by atoms with E-state index in [0.717, 1.165) is 12.1 Å². The third-order valence-electron chi connectivity index (χ3n) is 2.41. The standard InChI is InChI=1S/C11H11F2N3O/c12-7-1-2-10(8(13)3-7)16-6-15-4-11(16)9(14)5-17/h1-4,6,9,17H,5,14H2. The molecule has 0 saturated heterocycles. The summed E-state index contributed by atoms with van der Waals surface area (Å²) in [4.78, 5) is 3.84. The number of benzene rings is 1. The van der Waals surface area contributed by atoms with E-state index < -0.39 is 17.7 Å². The summed E-state index contributed by atoms with van der Waals surface area (Å²) in [5.74, 6) is -1.37. The van der Waals surface area contributed by atoms with E-state index in [-0.39, 0.29) is 12.3 Å². The van der Waals surface area contributed by atoms with Gasteiger partial charge in [-0.3, -0.25) is 4.57 Å². The smallest absolute Gasteiger partial charge is 0.150 e. The normalized spacial score (nSPS) is 12.7. The van der Waals surface area contributed by atoms with Crippen molar-refractivity contribution in [2.45, 2.75) is 6.04 Å². The average molecular weight is 239 g/mol. The summed E-state index contributed by atoms with van der Waals surface area (Å²) in [6, 6.07) is 2.55. The Balaban J connectivity index is 2.50. The van der Waals surface area contributed by atoms with Crippen molar-refractivity contribution in [3.05, 3.63) is 48.1 Å². The van der Waals surface area contributed by atoms with Gasteiger partial charge in [-0.15, -0.1) is 0 Å². The Bertz CT molecular complexity index is 527. The van der Waals surface area contributed by atoms with E-state index in [0.29, 0.717) is 5.69 Å². The lowest BCUT2D eigenvalue weighted by atomic mass is 10.2. The molecule has 0 fully saturated rings. The van der Waals surface area contributed by atoms with Gasteiger partial charge in [0.2, 0.25) is 0 Å². The molecule has 0 aliphatic rings. The summed E-state index contributed by atoms with van der Waals surface area (Å²) in [5.41, 5.74) is 6.25. The third-order valence-corrected chi connectivity index (χ3v) is 2.41. The van der Waals surface area contributed by atoms with Crippen LogP contribution in [0.3, 0.4) is 0 Å². The summed E-state index contributed by atoms with van der Waals surface area (Å²) in [7, 11) is 0. The van der Waals surface area contributed by atoms with Crippen LogP contribution in [-0.2, 0) is 0 Å². The number of nitrogens with zero attached hydrogens (tertiary/aromatic N) is 2. The molecule has 1 atom stereocenters. The van der Waals surface area contributed by atoms with Crippen LogP contribution in [0.25, 0.3) is 5.69 Å². The molecule has 3 N–H and O–H groups in total. The summed E-state index contributed by atoms with van der Waals surface area (Å²) in [6.45, 7) is -0.283. The van der Waals surface area contributed by atoms with Crippen molar-refractivity contribution in [1.29, 1.82) is 0 Å². The molecule has 0 aliphatic heterocycles. The summed E-state index contributed by atoms with van der Waals surface area (Å²) >= 11 is 0. The van der Waals surface area contributed by atoms with Crippen molar-refractivity contribution in [1.82, 2.24) is 9.55 Å². The molecule has 17 heavy (non-hydrogen) atoms. The van der Waals surface area contributed by atoms with Crippen molar-refractivity contribution >= 4 is 0 Å². The zero-order valence-corrected chi connectivity index (χ0v) is 8.85. The number of aliphatic hydroxyl groups is 1. The van der Waals surface area contributed by atoms with Crippen molar-refractivity contribution in [3.63, 3.8) is 0 Å². The second-order valence-electron chi connectivity index (χ2n) is 3.57. The molecular weight excluding hydrogens is 228 g/mol.